The molecule has 4 heteroatoms. The second-order valence-electron chi connectivity index (χ2n) is 3.52. The zero-order valence-electron chi connectivity index (χ0n) is 8.91. The zero-order valence-corrected chi connectivity index (χ0v) is 9.73. The molecule has 1 rings (SSSR count). The molecule has 0 saturated heterocycles. The standard InChI is InChI=1S/C11H15NO2S/c1-8(2)3-4-12-6-10-5-9(7-15-10)11(13)14/h3,5,7,12H,4,6H2,1-2H3,(H,13,14). The number of carbonyl (C=O) groups is 1. The summed E-state index contributed by atoms with van der Waals surface area (Å²) in [6.45, 7) is 5.65. The molecule has 1 heterocycles. The van der Waals surface area contributed by atoms with Gasteiger partial charge in [-0.3, -0.25) is 0 Å². The average molecular weight is 225 g/mol. The molecule has 0 unspecified atom stereocenters. The Hall–Kier alpha value is -1.13. The maximum absolute atomic E-state index is 10.6. The van der Waals surface area contributed by atoms with Crippen molar-refractivity contribution in [2.75, 3.05) is 6.54 Å². The average Bonchev–Trinajstić information content (AvgIpc) is 2.60. The van der Waals surface area contributed by atoms with Crippen molar-refractivity contribution < 1.29 is 9.90 Å². The van der Waals surface area contributed by atoms with Gasteiger partial charge in [-0.2, -0.15) is 0 Å². The van der Waals surface area contributed by atoms with Crippen LogP contribution in [0.3, 0.4) is 0 Å². The molecule has 0 aromatic carbocycles. The summed E-state index contributed by atoms with van der Waals surface area (Å²) in [6, 6.07) is 1.71. The van der Waals surface area contributed by atoms with Crippen LogP contribution in [0.5, 0.6) is 0 Å². The molecule has 2 N–H and O–H groups in total. The molecular weight excluding hydrogens is 210 g/mol. The molecule has 0 aliphatic heterocycles. The third-order valence-corrected chi connectivity index (χ3v) is 2.79. The molecule has 1 aromatic heterocycles. The highest BCUT2D eigenvalue weighted by atomic mass is 32.1. The van der Waals surface area contributed by atoms with Gasteiger partial charge >= 0.3 is 5.97 Å². The second kappa shape index (κ2) is 5.68. The van der Waals surface area contributed by atoms with Crippen molar-refractivity contribution in [2.45, 2.75) is 20.4 Å². The first-order valence-corrected chi connectivity index (χ1v) is 5.62. The highest BCUT2D eigenvalue weighted by molar-refractivity contribution is 7.10. The summed E-state index contributed by atoms with van der Waals surface area (Å²) in [5.41, 5.74) is 1.65. The SMILES string of the molecule is CC(C)=CCNCc1cc(C(=O)O)cs1. The van der Waals surface area contributed by atoms with Crippen molar-refractivity contribution in [3.05, 3.63) is 33.5 Å². The zero-order chi connectivity index (χ0) is 11.3. The minimum atomic E-state index is -0.859. The summed E-state index contributed by atoms with van der Waals surface area (Å²) in [6.07, 6.45) is 2.10. The Labute approximate surface area is 93.4 Å². The first kappa shape index (κ1) is 11.9. The van der Waals surface area contributed by atoms with Crippen molar-refractivity contribution in [3.8, 4) is 0 Å². The van der Waals surface area contributed by atoms with Crippen LogP contribution in [-0.2, 0) is 6.54 Å². The summed E-state index contributed by atoms with van der Waals surface area (Å²) in [7, 11) is 0. The number of rotatable bonds is 5. The lowest BCUT2D eigenvalue weighted by Gasteiger charge is -1.98. The van der Waals surface area contributed by atoms with Gasteiger partial charge in [0.1, 0.15) is 0 Å². The quantitative estimate of drug-likeness (QED) is 0.598. The van der Waals surface area contributed by atoms with Gasteiger partial charge in [0.2, 0.25) is 0 Å². The van der Waals surface area contributed by atoms with Gasteiger partial charge in [-0.1, -0.05) is 11.6 Å². The highest BCUT2D eigenvalue weighted by Gasteiger charge is 2.05. The van der Waals surface area contributed by atoms with E-state index in [0.717, 1.165) is 18.0 Å². The molecular formula is C11H15NO2S. The van der Waals surface area contributed by atoms with Crippen molar-refractivity contribution in [2.24, 2.45) is 0 Å². The van der Waals surface area contributed by atoms with Gasteiger partial charge in [-0.15, -0.1) is 11.3 Å². The molecule has 0 bridgehead atoms. The van der Waals surface area contributed by atoms with E-state index in [0.29, 0.717) is 5.56 Å². The van der Waals surface area contributed by atoms with Crippen LogP contribution in [0, 0.1) is 0 Å². The number of allylic oxidation sites excluding steroid dienone is 1. The Morgan fingerprint density at radius 3 is 2.87 bits per heavy atom. The third kappa shape index (κ3) is 4.27. The van der Waals surface area contributed by atoms with E-state index in [1.165, 1.54) is 16.9 Å². The Bertz CT molecular complexity index is 364. The van der Waals surface area contributed by atoms with Crippen molar-refractivity contribution in [1.29, 1.82) is 0 Å². The summed E-state index contributed by atoms with van der Waals surface area (Å²) in [5, 5.41) is 13.6. The molecule has 3 nitrogen and oxygen atoms in total. The molecule has 0 aliphatic carbocycles. The van der Waals surface area contributed by atoms with Crippen LogP contribution in [0.15, 0.2) is 23.1 Å². The van der Waals surface area contributed by atoms with Crippen LogP contribution in [0.25, 0.3) is 0 Å². The molecule has 0 aliphatic rings. The molecule has 0 radical (unpaired) electrons. The van der Waals surface area contributed by atoms with Gasteiger partial charge in [0.15, 0.2) is 0 Å². The smallest absolute Gasteiger partial charge is 0.336 e. The van der Waals surface area contributed by atoms with Crippen molar-refractivity contribution >= 4 is 17.3 Å². The third-order valence-electron chi connectivity index (χ3n) is 1.85. The van der Waals surface area contributed by atoms with E-state index in [1.807, 2.05) is 0 Å². The minimum absolute atomic E-state index is 0.374. The van der Waals surface area contributed by atoms with Crippen LogP contribution in [0.4, 0.5) is 0 Å². The molecule has 15 heavy (non-hydrogen) atoms. The lowest BCUT2D eigenvalue weighted by atomic mass is 10.3. The Morgan fingerprint density at radius 1 is 1.60 bits per heavy atom. The summed E-state index contributed by atoms with van der Waals surface area (Å²) < 4.78 is 0. The largest absolute Gasteiger partial charge is 0.478 e. The van der Waals surface area contributed by atoms with E-state index in [1.54, 1.807) is 11.4 Å². The fourth-order valence-electron chi connectivity index (χ4n) is 1.06. The van der Waals surface area contributed by atoms with E-state index >= 15 is 0 Å². The van der Waals surface area contributed by atoms with Gasteiger partial charge in [0, 0.05) is 23.3 Å². The number of nitrogens with one attached hydrogen (secondary N) is 1. The van der Waals surface area contributed by atoms with Gasteiger partial charge in [-0.05, 0) is 19.9 Å². The molecule has 0 atom stereocenters. The van der Waals surface area contributed by atoms with Gasteiger partial charge in [0.25, 0.3) is 0 Å². The predicted octanol–water partition coefficient (Wildman–Crippen LogP) is 2.50. The van der Waals surface area contributed by atoms with Crippen molar-refractivity contribution in [3.63, 3.8) is 0 Å². The van der Waals surface area contributed by atoms with E-state index in [4.69, 9.17) is 5.11 Å². The topological polar surface area (TPSA) is 49.3 Å². The van der Waals surface area contributed by atoms with Crippen LogP contribution >= 0.6 is 11.3 Å². The predicted molar refractivity (Wildman–Crippen MR) is 62.4 cm³/mol. The van der Waals surface area contributed by atoms with E-state index in [9.17, 15) is 4.79 Å². The van der Waals surface area contributed by atoms with Crippen LogP contribution < -0.4 is 5.32 Å². The lowest BCUT2D eigenvalue weighted by molar-refractivity contribution is 0.0697. The van der Waals surface area contributed by atoms with Crippen molar-refractivity contribution in [1.82, 2.24) is 5.32 Å². The molecule has 82 valence electrons. The second-order valence-corrected chi connectivity index (χ2v) is 4.52. The maximum Gasteiger partial charge on any atom is 0.336 e. The van der Waals surface area contributed by atoms with Gasteiger partial charge < -0.3 is 10.4 Å². The molecule has 0 saturated carbocycles. The summed E-state index contributed by atoms with van der Waals surface area (Å²) in [5.74, 6) is -0.859. The van der Waals surface area contributed by atoms with E-state index in [2.05, 4.69) is 25.2 Å². The number of hydrogen-bond acceptors (Lipinski definition) is 3. The fourth-order valence-corrected chi connectivity index (χ4v) is 1.88. The summed E-state index contributed by atoms with van der Waals surface area (Å²) >= 11 is 1.47. The number of hydrogen-bond donors (Lipinski definition) is 2. The number of carboxylic acids is 1. The monoisotopic (exact) mass is 225 g/mol. The van der Waals surface area contributed by atoms with Crippen LogP contribution in [-0.4, -0.2) is 17.6 Å². The molecule has 0 spiro atoms. The Balaban J connectivity index is 2.38. The van der Waals surface area contributed by atoms with E-state index < -0.39 is 5.97 Å². The van der Waals surface area contributed by atoms with Gasteiger partial charge in [0.05, 0.1) is 5.56 Å². The fraction of sp³-hybridized carbons (Fsp3) is 0.364. The van der Waals surface area contributed by atoms with Crippen LogP contribution in [0.1, 0.15) is 29.1 Å². The highest BCUT2D eigenvalue weighted by Crippen LogP contribution is 2.14. The molecule has 0 fully saturated rings. The Kier molecular flexibility index (Phi) is 4.52. The first-order chi connectivity index (χ1) is 7.09. The maximum atomic E-state index is 10.6. The molecule has 1 aromatic rings. The number of carboxylic acid groups (broad SMARTS) is 1. The lowest BCUT2D eigenvalue weighted by Crippen LogP contribution is -2.12. The Morgan fingerprint density at radius 2 is 2.33 bits per heavy atom. The normalized spacial score (nSPS) is 10.0. The van der Waals surface area contributed by atoms with Gasteiger partial charge in [-0.25, -0.2) is 4.79 Å². The van der Waals surface area contributed by atoms with Crippen LogP contribution in [0.2, 0.25) is 0 Å². The summed E-state index contributed by atoms with van der Waals surface area (Å²) in [4.78, 5) is 11.7. The first-order valence-electron chi connectivity index (χ1n) is 4.74. The molecule has 0 amide bonds. The number of aromatic carboxylic acids is 1. The van der Waals surface area contributed by atoms with E-state index in [-0.39, 0.29) is 0 Å². The minimum Gasteiger partial charge on any atom is -0.478 e. The number of thiophene rings is 1.